The maximum atomic E-state index is 5.15. The van der Waals surface area contributed by atoms with E-state index in [0.717, 1.165) is 16.6 Å². The fraction of sp³-hybridized carbons (Fsp3) is 0.0444. The molecule has 0 amide bonds. The molecular weight excluding hydrogens is 583 g/mol. The van der Waals surface area contributed by atoms with Gasteiger partial charge in [0.25, 0.3) is 0 Å². The second-order valence-electron chi connectivity index (χ2n) is 13.4. The maximum Gasteiger partial charge on any atom is 0.0968 e. The number of benzene rings is 5. The summed E-state index contributed by atoms with van der Waals surface area (Å²) in [6, 6.07) is 49.0. The topological polar surface area (TPSA) is 38.7 Å². The van der Waals surface area contributed by atoms with Gasteiger partial charge in [0, 0.05) is 29.5 Å². The molecule has 2 unspecified atom stereocenters. The number of allylic oxidation sites excluding steroid dienone is 2. The molecule has 4 aliphatic rings. The first-order valence-electron chi connectivity index (χ1n) is 16.6. The smallest absolute Gasteiger partial charge is 0.0968 e. The molecule has 0 bridgehead atoms. The zero-order chi connectivity index (χ0) is 31.2. The predicted octanol–water partition coefficient (Wildman–Crippen LogP) is 9.75. The second-order valence-corrected chi connectivity index (χ2v) is 13.4. The number of para-hydroxylation sites is 1. The summed E-state index contributed by atoms with van der Waals surface area (Å²) in [7, 11) is 0. The Morgan fingerprint density at radius 3 is 1.46 bits per heavy atom. The summed E-state index contributed by atoms with van der Waals surface area (Å²) in [5.41, 5.74) is 19.9. The van der Waals surface area contributed by atoms with Gasteiger partial charge < -0.3 is 0 Å². The van der Waals surface area contributed by atoms with Crippen LogP contribution in [0.3, 0.4) is 0 Å². The third kappa shape index (κ3) is 2.53. The Morgan fingerprint density at radius 2 is 0.812 bits per heavy atom. The van der Waals surface area contributed by atoms with Crippen molar-refractivity contribution in [1.29, 1.82) is 0 Å². The van der Waals surface area contributed by atoms with Crippen molar-refractivity contribution < 1.29 is 0 Å². The molecule has 0 saturated carbocycles. The number of fused-ring (bicyclic) bond motifs is 22. The average molecular weight is 608 g/mol. The molecule has 12 rings (SSSR count). The van der Waals surface area contributed by atoms with E-state index in [9.17, 15) is 0 Å². The molecule has 2 spiro atoms. The zero-order valence-corrected chi connectivity index (χ0v) is 25.8. The predicted molar refractivity (Wildman–Crippen MR) is 192 cm³/mol. The molecule has 3 heterocycles. The summed E-state index contributed by atoms with van der Waals surface area (Å²) >= 11 is 0. The average Bonchev–Trinajstić information content (AvgIpc) is 3.84. The monoisotopic (exact) mass is 607 g/mol. The highest BCUT2D eigenvalue weighted by Crippen LogP contribution is 2.74. The third-order valence-electron chi connectivity index (χ3n) is 11.6. The molecule has 0 fully saturated rings. The van der Waals surface area contributed by atoms with Gasteiger partial charge in [0.15, 0.2) is 0 Å². The number of rotatable bonds is 0. The van der Waals surface area contributed by atoms with Crippen molar-refractivity contribution >= 4 is 33.1 Å². The molecule has 8 aromatic rings. The largest absolute Gasteiger partial charge is 0.256 e. The molecule has 2 atom stereocenters. The fourth-order valence-corrected chi connectivity index (χ4v) is 10.1. The van der Waals surface area contributed by atoms with E-state index in [-0.39, 0.29) is 0 Å². The first kappa shape index (κ1) is 25.0. The van der Waals surface area contributed by atoms with Gasteiger partial charge in [0.2, 0.25) is 0 Å². The van der Waals surface area contributed by atoms with Crippen LogP contribution in [0.15, 0.2) is 152 Å². The zero-order valence-electron chi connectivity index (χ0n) is 25.8. The van der Waals surface area contributed by atoms with Crippen molar-refractivity contribution in [3.8, 4) is 22.3 Å². The first-order valence-corrected chi connectivity index (χ1v) is 16.6. The molecule has 0 saturated heterocycles. The van der Waals surface area contributed by atoms with Crippen molar-refractivity contribution in [3.63, 3.8) is 0 Å². The Bertz CT molecular complexity index is 2620. The van der Waals surface area contributed by atoms with Gasteiger partial charge in [-0.05, 0) is 90.5 Å². The number of hydrogen-bond donors (Lipinski definition) is 0. The van der Waals surface area contributed by atoms with Crippen LogP contribution >= 0.6 is 0 Å². The molecule has 3 aromatic heterocycles. The highest BCUT2D eigenvalue weighted by atomic mass is 14.8. The van der Waals surface area contributed by atoms with Gasteiger partial charge in [-0.25, -0.2) is 0 Å². The van der Waals surface area contributed by atoms with Crippen LogP contribution in [0, 0.1) is 0 Å². The van der Waals surface area contributed by atoms with Crippen molar-refractivity contribution in [2.75, 3.05) is 0 Å². The maximum absolute atomic E-state index is 5.15. The van der Waals surface area contributed by atoms with Crippen LogP contribution in [-0.4, -0.2) is 15.0 Å². The van der Waals surface area contributed by atoms with Crippen molar-refractivity contribution in [2.24, 2.45) is 0 Å². The van der Waals surface area contributed by atoms with Crippen LogP contribution in [-0.2, 0) is 10.8 Å². The van der Waals surface area contributed by atoms with Gasteiger partial charge in [0.1, 0.15) is 0 Å². The van der Waals surface area contributed by atoms with Crippen LogP contribution < -0.4 is 0 Å². The van der Waals surface area contributed by atoms with E-state index in [1.807, 2.05) is 12.3 Å². The van der Waals surface area contributed by atoms with E-state index >= 15 is 0 Å². The third-order valence-corrected chi connectivity index (χ3v) is 11.6. The Balaban J connectivity index is 1.33. The highest BCUT2D eigenvalue weighted by Gasteiger charge is 2.63. The SMILES string of the molecule is c1ccc2c(c1)C1=C(c3ccccc3C13c1ccccc1-c1c3cnc3cccnc13)C21c2ccccc2-c2c1cnc1ccccc21. The Hall–Kier alpha value is -6.19. The molecule has 3 nitrogen and oxygen atoms in total. The van der Waals surface area contributed by atoms with E-state index in [1.54, 1.807) is 0 Å². The lowest BCUT2D eigenvalue weighted by atomic mass is 9.67. The van der Waals surface area contributed by atoms with Crippen molar-refractivity contribution in [2.45, 2.75) is 10.8 Å². The molecule has 48 heavy (non-hydrogen) atoms. The second kappa shape index (κ2) is 8.39. The minimum absolute atomic E-state index is 0.533. The van der Waals surface area contributed by atoms with Gasteiger partial charge in [-0.2, -0.15) is 0 Å². The normalized spacial score (nSPS) is 20.2. The fourth-order valence-electron chi connectivity index (χ4n) is 10.1. The van der Waals surface area contributed by atoms with Crippen LogP contribution in [0.5, 0.6) is 0 Å². The van der Waals surface area contributed by atoms with Gasteiger partial charge in [-0.3, -0.25) is 15.0 Å². The molecule has 0 aliphatic heterocycles. The summed E-state index contributed by atoms with van der Waals surface area (Å²) in [5.74, 6) is 0. The summed E-state index contributed by atoms with van der Waals surface area (Å²) < 4.78 is 0. The number of hydrogen-bond acceptors (Lipinski definition) is 3. The lowest BCUT2D eigenvalue weighted by molar-refractivity contribution is 0.822. The molecule has 4 aliphatic carbocycles. The number of pyridine rings is 3. The van der Waals surface area contributed by atoms with Crippen LogP contribution in [0.4, 0.5) is 0 Å². The van der Waals surface area contributed by atoms with E-state index < -0.39 is 10.8 Å². The molecule has 5 aromatic carbocycles. The van der Waals surface area contributed by atoms with Gasteiger partial charge in [0.05, 0.1) is 27.4 Å². The summed E-state index contributed by atoms with van der Waals surface area (Å²) in [4.78, 5) is 15.2. The Kier molecular flexibility index (Phi) is 4.36. The molecule has 0 radical (unpaired) electrons. The number of aromatic nitrogens is 3. The van der Waals surface area contributed by atoms with Crippen LogP contribution in [0.25, 0.3) is 55.3 Å². The van der Waals surface area contributed by atoms with Crippen LogP contribution in [0.2, 0.25) is 0 Å². The standard InChI is InChI=1S/C45H25N3/c1-6-17-31-26(12-1)39-30-16-5-10-21-37(30)47-24-35(39)44(31)33-19-8-3-14-28(33)42-41(44)29-15-4-9-20-34(29)45(42)32-18-7-2-13-27(32)40-36(45)25-48-38-22-11-23-46-43(38)40/h1-25H. The van der Waals surface area contributed by atoms with E-state index in [2.05, 4.69) is 140 Å². The highest BCUT2D eigenvalue weighted by molar-refractivity contribution is 6.21. The van der Waals surface area contributed by atoms with Gasteiger partial charge >= 0.3 is 0 Å². The summed E-state index contributed by atoms with van der Waals surface area (Å²) in [6.45, 7) is 0. The Morgan fingerprint density at radius 1 is 0.354 bits per heavy atom. The first-order chi connectivity index (χ1) is 23.8. The van der Waals surface area contributed by atoms with E-state index in [1.165, 1.54) is 83.3 Å². The van der Waals surface area contributed by atoms with Crippen molar-refractivity contribution in [3.05, 3.63) is 197 Å². The van der Waals surface area contributed by atoms with Crippen molar-refractivity contribution in [1.82, 2.24) is 15.0 Å². The lowest BCUT2D eigenvalue weighted by Gasteiger charge is -2.34. The minimum atomic E-state index is -0.557. The van der Waals surface area contributed by atoms with Crippen LogP contribution in [0.1, 0.15) is 44.5 Å². The molecule has 0 N–H and O–H groups in total. The molecule has 220 valence electrons. The summed E-state index contributed by atoms with van der Waals surface area (Å²) in [5, 5.41) is 1.20. The van der Waals surface area contributed by atoms with Gasteiger partial charge in [-0.15, -0.1) is 0 Å². The number of nitrogens with zero attached hydrogens (tertiary/aromatic N) is 3. The van der Waals surface area contributed by atoms with Gasteiger partial charge in [-0.1, -0.05) is 115 Å². The van der Waals surface area contributed by atoms with E-state index in [0.29, 0.717) is 0 Å². The quantitative estimate of drug-likeness (QED) is 0.172. The molecular formula is C45H25N3. The lowest BCUT2D eigenvalue weighted by Crippen LogP contribution is -2.28. The van der Waals surface area contributed by atoms with E-state index in [4.69, 9.17) is 15.0 Å². The summed E-state index contributed by atoms with van der Waals surface area (Å²) in [6.07, 6.45) is 6.22. The Labute approximate surface area is 276 Å². The molecule has 3 heteroatoms. The minimum Gasteiger partial charge on any atom is -0.256 e.